The van der Waals surface area contributed by atoms with Crippen LogP contribution < -0.4 is 10.1 Å². The third-order valence-electron chi connectivity index (χ3n) is 2.73. The van der Waals surface area contributed by atoms with E-state index in [1.807, 2.05) is 0 Å². The lowest BCUT2D eigenvalue weighted by molar-refractivity contribution is 0.0945. The molecule has 1 N–H and O–H groups in total. The minimum absolute atomic E-state index is 0.112. The summed E-state index contributed by atoms with van der Waals surface area (Å²) >= 11 is 6.05. The zero-order valence-corrected chi connectivity index (χ0v) is 11.4. The van der Waals surface area contributed by atoms with Crippen molar-refractivity contribution in [2.75, 3.05) is 7.11 Å². The quantitative estimate of drug-likeness (QED) is 0.882. The molecule has 0 atom stereocenters. The second-order valence-electron chi connectivity index (χ2n) is 3.95. The van der Waals surface area contributed by atoms with Gasteiger partial charge in [0.1, 0.15) is 5.75 Å². The molecule has 2 aromatic rings. The molecule has 2 rings (SSSR count). The number of nitrogens with zero attached hydrogens (tertiary/aromatic N) is 1. The van der Waals surface area contributed by atoms with Crippen LogP contribution in [0, 0.1) is 5.95 Å². The van der Waals surface area contributed by atoms with Crippen LogP contribution >= 0.6 is 11.6 Å². The minimum Gasteiger partial charge on any atom is -0.496 e. The van der Waals surface area contributed by atoms with Gasteiger partial charge < -0.3 is 10.1 Å². The predicted octanol–water partition coefficient (Wildman–Crippen LogP) is 2.81. The minimum atomic E-state index is -0.809. The number of methoxy groups -OCH3 is 1. The molecule has 0 saturated heterocycles. The molecule has 0 aliphatic rings. The molecule has 6 heteroatoms. The number of pyridine rings is 1. The van der Waals surface area contributed by atoms with Crippen molar-refractivity contribution in [2.45, 2.75) is 6.54 Å². The Morgan fingerprint density at radius 2 is 2.20 bits per heavy atom. The van der Waals surface area contributed by atoms with Gasteiger partial charge in [0.2, 0.25) is 5.95 Å². The fraction of sp³-hybridized carbons (Fsp3) is 0.143. The Morgan fingerprint density at radius 3 is 2.90 bits per heavy atom. The summed E-state index contributed by atoms with van der Waals surface area (Å²) < 4.78 is 18.5. The molecule has 0 fully saturated rings. The van der Waals surface area contributed by atoms with Crippen LogP contribution in [0.5, 0.6) is 5.75 Å². The first-order chi connectivity index (χ1) is 9.63. The van der Waals surface area contributed by atoms with Crippen molar-refractivity contribution < 1.29 is 13.9 Å². The molecule has 1 aromatic carbocycles. The molecule has 0 spiro atoms. The van der Waals surface area contributed by atoms with E-state index in [2.05, 4.69) is 10.3 Å². The molecular weight excluding hydrogens is 283 g/mol. The van der Waals surface area contributed by atoms with Crippen LogP contribution in [0.1, 0.15) is 15.9 Å². The summed E-state index contributed by atoms with van der Waals surface area (Å²) in [6, 6.07) is 8.02. The van der Waals surface area contributed by atoms with E-state index in [9.17, 15) is 9.18 Å². The van der Waals surface area contributed by atoms with Gasteiger partial charge in [0.15, 0.2) is 0 Å². The molecule has 1 amide bonds. The molecule has 1 heterocycles. The summed E-state index contributed by atoms with van der Waals surface area (Å²) in [4.78, 5) is 15.3. The second-order valence-corrected chi connectivity index (χ2v) is 4.35. The Morgan fingerprint density at radius 1 is 1.40 bits per heavy atom. The smallest absolute Gasteiger partial charge is 0.256 e. The second kappa shape index (κ2) is 6.34. The van der Waals surface area contributed by atoms with Gasteiger partial charge in [-0.1, -0.05) is 17.7 Å². The van der Waals surface area contributed by atoms with Crippen LogP contribution in [0.2, 0.25) is 5.02 Å². The first-order valence-corrected chi connectivity index (χ1v) is 6.21. The number of benzene rings is 1. The molecule has 4 nitrogen and oxygen atoms in total. The number of carbonyl (C=O) groups is 1. The first-order valence-electron chi connectivity index (χ1n) is 5.83. The number of ether oxygens (including phenoxy) is 1. The molecule has 0 aliphatic heterocycles. The third-order valence-corrected chi connectivity index (χ3v) is 3.08. The maximum atomic E-state index is 13.4. The maximum absolute atomic E-state index is 13.4. The lowest BCUT2D eigenvalue weighted by Crippen LogP contribution is -2.24. The summed E-state index contributed by atoms with van der Waals surface area (Å²) in [6.45, 7) is 0.135. The average Bonchev–Trinajstić information content (AvgIpc) is 2.46. The van der Waals surface area contributed by atoms with Crippen molar-refractivity contribution in [3.63, 3.8) is 0 Å². The highest BCUT2D eigenvalue weighted by Crippen LogP contribution is 2.25. The van der Waals surface area contributed by atoms with E-state index < -0.39 is 11.9 Å². The van der Waals surface area contributed by atoms with Crippen LogP contribution in [-0.4, -0.2) is 18.0 Å². The lowest BCUT2D eigenvalue weighted by Gasteiger charge is -2.11. The van der Waals surface area contributed by atoms with Crippen LogP contribution in [0.15, 0.2) is 36.5 Å². The number of amides is 1. The molecule has 0 bridgehead atoms. The van der Waals surface area contributed by atoms with E-state index >= 15 is 0 Å². The topological polar surface area (TPSA) is 51.2 Å². The van der Waals surface area contributed by atoms with Gasteiger partial charge >= 0.3 is 0 Å². The van der Waals surface area contributed by atoms with Crippen molar-refractivity contribution in [1.29, 1.82) is 0 Å². The van der Waals surface area contributed by atoms with Gasteiger partial charge in [-0.15, -0.1) is 0 Å². The number of hydrogen-bond donors (Lipinski definition) is 1. The van der Waals surface area contributed by atoms with Gasteiger partial charge in [0, 0.05) is 23.3 Å². The van der Waals surface area contributed by atoms with Gasteiger partial charge in [0.25, 0.3) is 5.91 Å². The van der Waals surface area contributed by atoms with Gasteiger partial charge in [-0.25, -0.2) is 4.98 Å². The normalized spacial score (nSPS) is 10.2. The van der Waals surface area contributed by atoms with E-state index in [0.29, 0.717) is 16.3 Å². The van der Waals surface area contributed by atoms with E-state index in [1.165, 1.54) is 25.4 Å². The Balaban J connectivity index is 2.14. The van der Waals surface area contributed by atoms with E-state index in [0.717, 1.165) is 0 Å². The number of aromatic nitrogens is 1. The van der Waals surface area contributed by atoms with Crippen LogP contribution in [0.3, 0.4) is 0 Å². The van der Waals surface area contributed by atoms with Crippen LogP contribution in [0.4, 0.5) is 4.39 Å². The molecule has 20 heavy (non-hydrogen) atoms. The van der Waals surface area contributed by atoms with Crippen LogP contribution in [-0.2, 0) is 6.54 Å². The number of carbonyl (C=O) groups excluding carboxylic acids is 1. The van der Waals surface area contributed by atoms with Crippen molar-refractivity contribution in [3.8, 4) is 5.75 Å². The SMILES string of the molecule is COc1cccc(Cl)c1CNC(=O)c1cccnc1F. The number of nitrogens with one attached hydrogen (secondary N) is 1. The van der Waals surface area contributed by atoms with E-state index in [4.69, 9.17) is 16.3 Å². The number of hydrogen-bond acceptors (Lipinski definition) is 3. The zero-order chi connectivity index (χ0) is 14.5. The highest BCUT2D eigenvalue weighted by molar-refractivity contribution is 6.31. The summed E-state index contributed by atoms with van der Waals surface area (Å²) in [5, 5.41) is 3.06. The van der Waals surface area contributed by atoms with Crippen molar-refractivity contribution in [1.82, 2.24) is 10.3 Å². The first kappa shape index (κ1) is 14.3. The number of rotatable bonds is 4. The van der Waals surface area contributed by atoms with Crippen LogP contribution in [0.25, 0.3) is 0 Å². The van der Waals surface area contributed by atoms with Crippen molar-refractivity contribution in [3.05, 3.63) is 58.6 Å². The van der Waals surface area contributed by atoms with Gasteiger partial charge in [-0.3, -0.25) is 4.79 Å². The van der Waals surface area contributed by atoms with Gasteiger partial charge in [-0.2, -0.15) is 4.39 Å². The van der Waals surface area contributed by atoms with Gasteiger partial charge in [0.05, 0.1) is 12.7 Å². The maximum Gasteiger partial charge on any atom is 0.256 e. The number of halogens is 2. The Hall–Kier alpha value is -2.14. The van der Waals surface area contributed by atoms with Gasteiger partial charge in [-0.05, 0) is 24.3 Å². The standard InChI is InChI=1S/C14H12ClFN2O2/c1-20-12-6-2-5-11(15)10(12)8-18-14(19)9-4-3-7-17-13(9)16/h2-7H,8H2,1H3,(H,18,19). The highest BCUT2D eigenvalue weighted by atomic mass is 35.5. The van der Waals surface area contributed by atoms with E-state index in [-0.39, 0.29) is 12.1 Å². The molecule has 104 valence electrons. The highest BCUT2D eigenvalue weighted by Gasteiger charge is 2.14. The summed E-state index contributed by atoms with van der Waals surface area (Å²) in [5.74, 6) is -0.807. The molecule has 0 radical (unpaired) electrons. The predicted molar refractivity (Wildman–Crippen MR) is 73.4 cm³/mol. The largest absolute Gasteiger partial charge is 0.496 e. The zero-order valence-electron chi connectivity index (χ0n) is 10.7. The molecule has 0 unspecified atom stereocenters. The molecule has 0 aliphatic carbocycles. The Labute approximate surface area is 120 Å². The van der Waals surface area contributed by atoms with E-state index in [1.54, 1.807) is 18.2 Å². The summed E-state index contributed by atoms with van der Waals surface area (Å²) in [6.07, 6.45) is 1.28. The van der Waals surface area contributed by atoms with Crippen molar-refractivity contribution >= 4 is 17.5 Å². The molecular formula is C14H12ClFN2O2. The third kappa shape index (κ3) is 3.05. The summed E-state index contributed by atoms with van der Waals surface area (Å²) in [7, 11) is 1.51. The average molecular weight is 295 g/mol. The lowest BCUT2D eigenvalue weighted by atomic mass is 10.2. The fourth-order valence-electron chi connectivity index (χ4n) is 1.72. The molecule has 1 aromatic heterocycles. The Kier molecular flexibility index (Phi) is 4.53. The van der Waals surface area contributed by atoms with Crippen molar-refractivity contribution in [2.24, 2.45) is 0 Å². The summed E-state index contributed by atoms with van der Waals surface area (Å²) in [5.41, 5.74) is 0.521. The molecule has 0 saturated carbocycles. The monoisotopic (exact) mass is 294 g/mol. The fourth-order valence-corrected chi connectivity index (χ4v) is 1.95. The Bertz CT molecular complexity index is 634.